The van der Waals surface area contributed by atoms with Crippen LogP contribution >= 0.6 is 10.5 Å². The second-order valence-corrected chi connectivity index (χ2v) is 4.95. The summed E-state index contributed by atoms with van der Waals surface area (Å²) in [6, 6.07) is 0. The molecule has 1 heteroatoms. The lowest BCUT2D eigenvalue weighted by molar-refractivity contribution is 0.618. The number of hydrogen-bond acceptors (Lipinski definition) is 0. The molecule has 0 saturated heterocycles. The van der Waals surface area contributed by atoms with Crippen LogP contribution in [0.3, 0.4) is 0 Å². The third-order valence-corrected chi connectivity index (χ3v) is 4.22. The summed E-state index contributed by atoms with van der Waals surface area (Å²) in [5.74, 6) is 0.910. The Morgan fingerprint density at radius 2 is 2.25 bits per heavy atom. The van der Waals surface area contributed by atoms with Crippen LogP contribution in [0.1, 0.15) is 20.3 Å². The average molecular weight is 130 g/mol. The zero-order valence-corrected chi connectivity index (χ0v) is 6.66. The zero-order valence-electron chi connectivity index (χ0n) is 5.85. The monoisotopic (exact) mass is 130 g/mol. The van der Waals surface area contributed by atoms with Crippen LogP contribution in [0.4, 0.5) is 0 Å². The highest BCUT2D eigenvalue weighted by Gasteiger charge is 2.18. The molecule has 0 spiro atoms. The smallest absolute Gasteiger partial charge is 0.00542 e. The van der Waals surface area contributed by atoms with Gasteiger partial charge >= 0.3 is 0 Å². The number of rotatable bonds is 1. The molecular weight excluding hydrogens is 116 g/mol. The topological polar surface area (TPSA) is 0 Å². The molecule has 0 N–H and O–H groups in total. The van der Waals surface area contributed by atoms with Gasteiger partial charge in [0.05, 0.1) is 0 Å². The molecule has 0 fully saturated rings. The Morgan fingerprint density at radius 1 is 1.62 bits per heavy atom. The molecule has 0 nitrogen and oxygen atoms in total. The summed E-state index contributed by atoms with van der Waals surface area (Å²) in [7, 11) is 0.665. The van der Waals surface area contributed by atoms with Crippen LogP contribution in [0.2, 0.25) is 0 Å². The first-order valence-corrected chi connectivity index (χ1v) is 4.94. The molecule has 0 amide bonds. The van der Waals surface area contributed by atoms with Gasteiger partial charge in [0.25, 0.3) is 0 Å². The van der Waals surface area contributed by atoms with Crippen molar-refractivity contribution in [3.63, 3.8) is 0 Å². The number of hydrogen-bond donors (Lipinski definition) is 0. The van der Waals surface area contributed by atoms with Crippen molar-refractivity contribution in [3.05, 3.63) is 0 Å². The zero-order chi connectivity index (χ0) is 6.15. The van der Waals surface area contributed by atoms with Crippen LogP contribution in [0, 0.1) is 5.92 Å². The predicted octanol–water partition coefficient (Wildman–Crippen LogP) is 2.12. The first-order valence-electron chi connectivity index (χ1n) is 3.18. The van der Waals surface area contributed by atoms with Crippen molar-refractivity contribution in [3.8, 4) is 0 Å². The molecule has 0 aromatic heterocycles. The molecule has 48 valence electrons. The molecule has 0 radical (unpaired) electrons. The predicted molar refractivity (Wildman–Crippen MR) is 42.8 cm³/mol. The minimum atomic E-state index is 0.665. The van der Waals surface area contributed by atoms with Crippen molar-refractivity contribution in [2.45, 2.75) is 25.5 Å². The molecule has 0 bridgehead atoms. The average Bonchev–Trinajstić information content (AvgIpc) is 1.61. The maximum absolute atomic E-state index is 2.44. The van der Waals surface area contributed by atoms with E-state index in [1.54, 1.807) is 0 Å². The second kappa shape index (κ2) is 2.22. The summed E-state index contributed by atoms with van der Waals surface area (Å²) >= 11 is 0. The van der Waals surface area contributed by atoms with Gasteiger partial charge in [0, 0.05) is 5.25 Å². The van der Waals surface area contributed by atoms with Crippen LogP contribution in [0.25, 0.3) is 0 Å². The van der Waals surface area contributed by atoms with Crippen LogP contribution in [-0.2, 0) is 0 Å². The highest BCUT2D eigenvalue weighted by Crippen LogP contribution is 2.33. The Labute approximate surface area is 54.2 Å². The third kappa shape index (κ3) is 0.970. The summed E-state index contributed by atoms with van der Waals surface area (Å²) in [6.45, 7) is 4.64. The van der Waals surface area contributed by atoms with Crippen molar-refractivity contribution < 1.29 is 0 Å². The van der Waals surface area contributed by atoms with Crippen LogP contribution in [-0.4, -0.2) is 16.9 Å². The van der Waals surface area contributed by atoms with Gasteiger partial charge in [-0.15, -0.1) is 0 Å². The highest BCUT2D eigenvalue weighted by atomic mass is 32.2. The Kier molecular flexibility index (Phi) is 1.76. The van der Waals surface area contributed by atoms with Gasteiger partial charge in [0.2, 0.25) is 0 Å². The lowest BCUT2D eigenvalue weighted by Gasteiger charge is -2.29. The summed E-state index contributed by atoms with van der Waals surface area (Å²) in [6.07, 6.45) is 3.71. The largest absolute Gasteiger partial charge is 0.189 e. The molecule has 1 rings (SSSR count). The molecule has 0 saturated carbocycles. The molecule has 0 aromatic rings. The van der Waals surface area contributed by atoms with Gasteiger partial charge in [-0.05, 0) is 18.6 Å². The van der Waals surface area contributed by atoms with E-state index in [0.29, 0.717) is 10.5 Å². The minimum Gasteiger partial charge on any atom is -0.189 e. The van der Waals surface area contributed by atoms with Crippen molar-refractivity contribution in [2.24, 2.45) is 5.92 Å². The molecule has 0 aromatic carbocycles. The SMILES string of the molecule is CC(C)C1CC=S1C. The van der Waals surface area contributed by atoms with Gasteiger partial charge in [0.1, 0.15) is 0 Å². The third-order valence-electron chi connectivity index (χ3n) is 1.81. The fourth-order valence-electron chi connectivity index (χ4n) is 1.10. The molecule has 8 heavy (non-hydrogen) atoms. The van der Waals surface area contributed by atoms with Crippen molar-refractivity contribution in [2.75, 3.05) is 6.26 Å². The van der Waals surface area contributed by atoms with E-state index < -0.39 is 0 Å². The molecule has 1 aliphatic rings. The maximum atomic E-state index is 2.44. The molecular formula is C7H14S. The van der Waals surface area contributed by atoms with Gasteiger partial charge in [-0.3, -0.25) is 0 Å². The molecule has 1 heterocycles. The van der Waals surface area contributed by atoms with Crippen LogP contribution in [0.15, 0.2) is 0 Å². The minimum absolute atomic E-state index is 0.665. The fraction of sp³-hybridized carbons (Fsp3) is 0.857. The summed E-state index contributed by atoms with van der Waals surface area (Å²) in [5, 5.41) is 3.46. The van der Waals surface area contributed by atoms with Crippen molar-refractivity contribution in [1.29, 1.82) is 0 Å². The molecule has 1 aliphatic heterocycles. The van der Waals surface area contributed by atoms with Crippen LogP contribution in [0.5, 0.6) is 0 Å². The Bertz CT molecular complexity index is 114. The van der Waals surface area contributed by atoms with Gasteiger partial charge in [-0.2, -0.15) is 10.5 Å². The quantitative estimate of drug-likeness (QED) is 0.477. The maximum Gasteiger partial charge on any atom is 0.00542 e. The molecule has 2 unspecified atom stereocenters. The van der Waals surface area contributed by atoms with E-state index >= 15 is 0 Å². The van der Waals surface area contributed by atoms with Gasteiger partial charge in [-0.1, -0.05) is 19.2 Å². The Hall–Kier alpha value is 0.220. The lowest BCUT2D eigenvalue weighted by Crippen LogP contribution is -2.20. The van der Waals surface area contributed by atoms with Crippen LogP contribution < -0.4 is 0 Å². The van der Waals surface area contributed by atoms with E-state index in [1.807, 2.05) is 0 Å². The molecule has 0 aliphatic carbocycles. The van der Waals surface area contributed by atoms with E-state index in [0.717, 1.165) is 11.2 Å². The lowest BCUT2D eigenvalue weighted by atomic mass is 10.1. The van der Waals surface area contributed by atoms with Crippen molar-refractivity contribution in [1.82, 2.24) is 0 Å². The first-order chi connectivity index (χ1) is 3.72. The fourth-order valence-corrected chi connectivity index (χ4v) is 2.76. The van der Waals surface area contributed by atoms with Gasteiger partial charge < -0.3 is 0 Å². The first kappa shape index (κ1) is 6.34. The summed E-state index contributed by atoms with van der Waals surface area (Å²) < 4.78 is 0. The summed E-state index contributed by atoms with van der Waals surface area (Å²) in [4.78, 5) is 0. The summed E-state index contributed by atoms with van der Waals surface area (Å²) in [5.41, 5.74) is 0. The standard InChI is InChI=1S/C7H14S/c1-6(2)7-4-5-8(7)3/h5-7H,4H2,1-3H3. The van der Waals surface area contributed by atoms with Gasteiger partial charge in [-0.25, -0.2) is 0 Å². The second-order valence-electron chi connectivity index (χ2n) is 2.79. The Balaban J connectivity index is 2.43. The van der Waals surface area contributed by atoms with E-state index in [2.05, 4.69) is 25.5 Å². The van der Waals surface area contributed by atoms with E-state index in [-0.39, 0.29) is 0 Å². The van der Waals surface area contributed by atoms with E-state index in [1.165, 1.54) is 6.42 Å². The van der Waals surface area contributed by atoms with Gasteiger partial charge in [0.15, 0.2) is 0 Å². The molecule has 2 atom stereocenters. The van der Waals surface area contributed by atoms with E-state index in [4.69, 9.17) is 0 Å². The van der Waals surface area contributed by atoms with E-state index in [9.17, 15) is 0 Å². The highest BCUT2D eigenvalue weighted by molar-refractivity contribution is 8.16. The Morgan fingerprint density at radius 3 is 2.25 bits per heavy atom. The normalized spacial score (nSPS) is 36.5. The van der Waals surface area contributed by atoms with Crippen molar-refractivity contribution >= 4 is 15.9 Å².